The number of aliphatic hydroxyl groups excluding tert-OH is 1. The average Bonchev–Trinajstić information content (AvgIpc) is 2.23. The fraction of sp³-hybridized carbons (Fsp3) is 0.692. The molecule has 0 bridgehead atoms. The van der Waals surface area contributed by atoms with Gasteiger partial charge in [0, 0.05) is 18.2 Å². The Hall–Kier alpha value is -1.36. The summed E-state index contributed by atoms with van der Waals surface area (Å²) in [4.78, 5) is 8.80. The van der Waals surface area contributed by atoms with Crippen LogP contribution in [0, 0.1) is 13.8 Å². The van der Waals surface area contributed by atoms with Gasteiger partial charge in [-0.25, -0.2) is 9.97 Å². The highest BCUT2D eigenvalue weighted by molar-refractivity contribution is 5.57. The number of aromatic nitrogens is 2. The van der Waals surface area contributed by atoms with E-state index in [1.54, 1.807) is 6.92 Å². The minimum atomic E-state index is -0.316. The van der Waals surface area contributed by atoms with Crippen LogP contribution in [0.4, 0.5) is 11.6 Å². The van der Waals surface area contributed by atoms with Crippen molar-refractivity contribution in [1.82, 2.24) is 9.97 Å². The highest BCUT2D eigenvalue weighted by atomic mass is 16.3. The fourth-order valence-corrected chi connectivity index (χ4v) is 1.91. The molecule has 0 aliphatic heterocycles. The lowest BCUT2D eigenvalue weighted by molar-refractivity contribution is 0.179. The van der Waals surface area contributed by atoms with E-state index in [1.165, 1.54) is 0 Å². The van der Waals surface area contributed by atoms with E-state index in [9.17, 15) is 5.11 Å². The first kappa shape index (κ1) is 14.7. The van der Waals surface area contributed by atoms with E-state index >= 15 is 0 Å². The topological polar surface area (TPSA) is 70.1 Å². The predicted octanol–water partition coefficient (Wildman–Crippen LogP) is 2.10. The molecule has 1 aromatic rings. The number of aryl methyl sites for hydroxylation is 1. The Morgan fingerprint density at radius 3 is 2.33 bits per heavy atom. The molecular weight excluding hydrogens is 228 g/mol. The van der Waals surface area contributed by atoms with Crippen LogP contribution in [0.2, 0.25) is 0 Å². The van der Waals surface area contributed by atoms with Crippen molar-refractivity contribution >= 4 is 11.6 Å². The third-order valence-corrected chi connectivity index (χ3v) is 2.68. The molecule has 2 unspecified atom stereocenters. The molecule has 2 atom stereocenters. The Morgan fingerprint density at radius 1 is 1.17 bits per heavy atom. The largest absolute Gasteiger partial charge is 0.393 e. The standard InChI is InChI=1S/C13H24N4O/c1-6-14-12-10(4)13(17-11(5)16-12)15-8(2)7-9(3)18/h8-9,18H,6-7H2,1-5H3,(H2,14,15,16,17). The van der Waals surface area contributed by atoms with Gasteiger partial charge in [-0.2, -0.15) is 0 Å². The minimum Gasteiger partial charge on any atom is -0.393 e. The monoisotopic (exact) mass is 252 g/mol. The molecule has 0 amide bonds. The van der Waals surface area contributed by atoms with Gasteiger partial charge in [-0.1, -0.05) is 0 Å². The van der Waals surface area contributed by atoms with Crippen molar-refractivity contribution in [3.63, 3.8) is 0 Å². The summed E-state index contributed by atoms with van der Waals surface area (Å²) in [5.74, 6) is 2.45. The minimum absolute atomic E-state index is 0.174. The molecule has 0 saturated heterocycles. The normalized spacial score (nSPS) is 14.1. The van der Waals surface area contributed by atoms with Crippen LogP contribution in [0.15, 0.2) is 0 Å². The fourth-order valence-electron chi connectivity index (χ4n) is 1.91. The maximum Gasteiger partial charge on any atom is 0.134 e. The SMILES string of the molecule is CCNc1nc(C)nc(NC(C)CC(C)O)c1C. The van der Waals surface area contributed by atoms with E-state index in [0.29, 0.717) is 6.42 Å². The molecule has 0 spiro atoms. The lowest BCUT2D eigenvalue weighted by Gasteiger charge is -2.19. The van der Waals surface area contributed by atoms with E-state index in [-0.39, 0.29) is 12.1 Å². The van der Waals surface area contributed by atoms with Crippen molar-refractivity contribution in [1.29, 1.82) is 0 Å². The molecule has 0 aliphatic carbocycles. The van der Waals surface area contributed by atoms with E-state index in [4.69, 9.17) is 0 Å². The first-order valence-corrected chi connectivity index (χ1v) is 6.47. The summed E-state index contributed by atoms with van der Waals surface area (Å²) in [5.41, 5.74) is 1.01. The van der Waals surface area contributed by atoms with Crippen LogP contribution in [-0.2, 0) is 0 Å². The third-order valence-electron chi connectivity index (χ3n) is 2.68. The highest BCUT2D eigenvalue weighted by Gasteiger charge is 2.12. The number of nitrogens with zero attached hydrogens (tertiary/aromatic N) is 2. The molecule has 1 aromatic heterocycles. The van der Waals surface area contributed by atoms with Crippen molar-refractivity contribution in [3.05, 3.63) is 11.4 Å². The third kappa shape index (κ3) is 4.14. The summed E-state index contributed by atoms with van der Waals surface area (Å²) >= 11 is 0. The molecule has 1 heterocycles. The Bertz CT molecular complexity index is 393. The second-order valence-corrected chi connectivity index (χ2v) is 4.75. The summed E-state index contributed by atoms with van der Waals surface area (Å²) in [6.07, 6.45) is 0.378. The lowest BCUT2D eigenvalue weighted by Crippen LogP contribution is -2.22. The summed E-state index contributed by atoms with van der Waals surface area (Å²) < 4.78 is 0. The van der Waals surface area contributed by atoms with Crippen molar-refractivity contribution in [2.75, 3.05) is 17.2 Å². The predicted molar refractivity (Wildman–Crippen MR) is 75.1 cm³/mol. The van der Waals surface area contributed by atoms with Gasteiger partial charge in [0.2, 0.25) is 0 Å². The van der Waals surface area contributed by atoms with Crippen molar-refractivity contribution < 1.29 is 5.11 Å². The zero-order valence-corrected chi connectivity index (χ0v) is 11.9. The van der Waals surface area contributed by atoms with Gasteiger partial charge >= 0.3 is 0 Å². The molecule has 0 aromatic carbocycles. The molecule has 5 nitrogen and oxygen atoms in total. The smallest absolute Gasteiger partial charge is 0.134 e. The molecule has 102 valence electrons. The maximum absolute atomic E-state index is 9.38. The van der Waals surface area contributed by atoms with Crippen molar-refractivity contribution in [3.8, 4) is 0 Å². The second-order valence-electron chi connectivity index (χ2n) is 4.75. The molecule has 0 saturated carbocycles. The quantitative estimate of drug-likeness (QED) is 0.723. The number of hydrogen-bond donors (Lipinski definition) is 3. The zero-order valence-electron chi connectivity index (χ0n) is 11.9. The average molecular weight is 252 g/mol. The molecule has 1 rings (SSSR count). The number of hydrogen-bond acceptors (Lipinski definition) is 5. The van der Waals surface area contributed by atoms with E-state index in [0.717, 1.165) is 29.6 Å². The summed E-state index contributed by atoms with van der Waals surface area (Å²) in [6, 6.07) is 0.174. The van der Waals surface area contributed by atoms with Crippen LogP contribution in [0.3, 0.4) is 0 Å². The Labute approximate surface area is 109 Å². The van der Waals surface area contributed by atoms with Gasteiger partial charge in [0.05, 0.1) is 6.10 Å². The van der Waals surface area contributed by atoms with Gasteiger partial charge in [0.1, 0.15) is 17.5 Å². The molecule has 18 heavy (non-hydrogen) atoms. The van der Waals surface area contributed by atoms with Gasteiger partial charge in [-0.15, -0.1) is 0 Å². The van der Waals surface area contributed by atoms with Crippen LogP contribution in [0.1, 0.15) is 38.6 Å². The number of aliphatic hydroxyl groups is 1. The molecule has 0 fully saturated rings. The van der Waals surface area contributed by atoms with E-state index in [1.807, 2.05) is 27.7 Å². The van der Waals surface area contributed by atoms with Gasteiger partial charge in [0.15, 0.2) is 0 Å². The summed E-state index contributed by atoms with van der Waals surface area (Å²) in [6.45, 7) is 10.6. The first-order valence-electron chi connectivity index (χ1n) is 6.47. The Balaban J connectivity index is 2.87. The maximum atomic E-state index is 9.38. The van der Waals surface area contributed by atoms with Crippen molar-refractivity contribution in [2.45, 2.75) is 53.2 Å². The summed E-state index contributed by atoms with van der Waals surface area (Å²) in [7, 11) is 0. The second kappa shape index (κ2) is 6.54. The molecule has 5 heteroatoms. The van der Waals surface area contributed by atoms with Gasteiger partial charge in [-0.05, 0) is 41.0 Å². The Morgan fingerprint density at radius 2 is 1.78 bits per heavy atom. The Kier molecular flexibility index (Phi) is 5.34. The highest BCUT2D eigenvalue weighted by Crippen LogP contribution is 2.21. The summed E-state index contributed by atoms with van der Waals surface area (Å²) in [5, 5.41) is 15.9. The zero-order chi connectivity index (χ0) is 13.7. The number of nitrogens with one attached hydrogen (secondary N) is 2. The molecule has 0 radical (unpaired) electrons. The van der Waals surface area contributed by atoms with Crippen molar-refractivity contribution in [2.24, 2.45) is 0 Å². The lowest BCUT2D eigenvalue weighted by atomic mass is 10.1. The molecule has 0 aliphatic rings. The number of anilines is 2. The van der Waals surface area contributed by atoms with E-state index < -0.39 is 0 Å². The van der Waals surface area contributed by atoms with E-state index in [2.05, 4.69) is 20.6 Å². The van der Waals surface area contributed by atoms with Crippen LogP contribution in [0.25, 0.3) is 0 Å². The van der Waals surface area contributed by atoms with Gasteiger partial charge < -0.3 is 15.7 Å². The van der Waals surface area contributed by atoms with Gasteiger partial charge in [-0.3, -0.25) is 0 Å². The molecule has 3 N–H and O–H groups in total. The van der Waals surface area contributed by atoms with Crippen LogP contribution >= 0.6 is 0 Å². The first-order chi connectivity index (χ1) is 8.43. The number of rotatable bonds is 6. The van der Waals surface area contributed by atoms with Gasteiger partial charge in [0.25, 0.3) is 0 Å². The van der Waals surface area contributed by atoms with Crippen LogP contribution < -0.4 is 10.6 Å². The van der Waals surface area contributed by atoms with Crippen LogP contribution in [0.5, 0.6) is 0 Å². The van der Waals surface area contributed by atoms with Crippen LogP contribution in [-0.4, -0.2) is 33.8 Å². The molecular formula is C13H24N4O.